The molecule has 0 saturated heterocycles. The Balaban J connectivity index is 1.77. The number of allylic oxidation sites excluding steroid dienone is 10. The summed E-state index contributed by atoms with van der Waals surface area (Å²) in [5, 5.41) is 0. The van der Waals surface area contributed by atoms with Gasteiger partial charge >= 0.3 is 0 Å². The van der Waals surface area contributed by atoms with Crippen LogP contribution in [0.1, 0.15) is 59.8 Å². The number of rotatable bonds is 1. The van der Waals surface area contributed by atoms with E-state index in [2.05, 4.69) is 64.2 Å². The Labute approximate surface area is 165 Å². The maximum Gasteiger partial charge on any atom is 0.136 e. The van der Waals surface area contributed by atoms with Crippen LogP contribution in [0.5, 0.6) is 0 Å². The van der Waals surface area contributed by atoms with Crippen molar-refractivity contribution in [2.24, 2.45) is 35.5 Å². The summed E-state index contributed by atoms with van der Waals surface area (Å²) in [4.78, 5) is 12.9. The SMILES string of the molecule is CC1=C(C)C2C(C)C(=O)CC3CC3C2C(C)CC=C1C1=CCC=CCC=C1. The van der Waals surface area contributed by atoms with Crippen LogP contribution in [0.3, 0.4) is 0 Å². The highest BCUT2D eigenvalue weighted by atomic mass is 16.1. The standard InChI is InChI=1S/C26H34O/c1-16-12-13-22(20-10-8-6-5-7-9-11-20)17(2)18(3)26-19(4)24(27)15-21-14-23(21)25(16)26/h5-6,9-11,13,16,19,21,23,25-26H,7-8,12,14-15H2,1-4H3. The van der Waals surface area contributed by atoms with Gasteiger partial charge in [-0.25, -0.2) is 0 Å². The Hall–Kier alpha value is -1.63. The zero-order chi connectivity index (χ0) is 19.1. The molecule has 0 heterocycles. The first-order valence-electron chi connectivity index (χ1n) is 10.9. The highest BCUT2D eigenvalue weighted by molar-refractivity contribution is 5.82. The summed E-state index contributed by atoms with van der Waals surface area (Å²) in [6, 6.07) is 0. The van der Waals surface area contributed by atoms with Crippen molar-refractivity contribution in [1.29, 1.82) is 0 Å². The Morgan fingerprint density at radius 3 is 2.59 bits per heavy atom. The minimum atomic E-state index is 0.171. The predicted octanol–water partition coefficient (Wildman–Crippen LogP) is 6.60. The third-order valence-corrected chi connectivity index (χ3v) is 7.76. The molecule has 0 aromatic rings. The monoisotopic (exact) mass is 362 g/mol. The fraction of sp³-hybridized carbons (Fsp3) is 0.577. The van der Waals surface area contributed by atoms with E-state index in [-0.39, 0.29) is 5.92 Å². The summed E-state index contributed by atoms with van der Waals surface area (Å²) in [5.41, 5.74) is 5.65. The fourth-order valence-electron chi connectivity index (χ4n) is 6.00. The Bertz CT molecular complexity index is 772. The molecule has 144 valence electrons. The van der Waals surface area contributed by atoms with Gasteiger partial charge in [0.2, 0.25) is 0 Å². The number of hydrogen-bond donors (Lipinski definition) is 0. The molecule has 27 heavy (non-hydrogen) atoms. The lowest BCUT2D eigenvalue weighted by Gasteiger charge is -2.38. The van der Waals surface area contributed by atoms with Gasteiger partial charge in [-0.05, 0) is 85.8 Å². The van der Waals surface area contributed by atoms with Gasteiger partial charge in [-0.2, -0.15) is 0 Å². The molecule has 4 aliphatic rings. The van der Waals surface area contributed by atoms with Crippen LogP contribution in [0.15, 0.2) is 58.7 Å². The topological polar surface area (TPSA) is 17.1 Å². The molecule has 0 aliphatic heterocycles. The maximum absolute atomic E-state index is 12.9. The molecule has 0 spiro atoms. The van der Waals surface area contributed by atoms with Crippen LogP contribution >= 0.6 is 0 Å². The number of carbonyl (C=O) groups excluding carboxylic acids is 1. The normalized spacial score (nSPS) is 39.2. The Morgan fingerprint density at radius 2 is 1.78 bits per heavy atom. The number of hydrogen-bond acceptors (Lipinski definition) is 1. The quantitative estimate of drug-likeness (QED) is 0.480. The average molecular weight is 363 g/mol. The molecular weight excluding hydrogens is 328 g/mol. The van der Waals surface area contributed by atoms with Crippen LogP contribution in [-0.2, 0) is 4.79 Å². The summed E-state index contributed by atoms with van der Waals surface area (Å²) in [5.74, 6) is 3.88. The minimum absolute atomic E-state index is 0.171. The van der Waals surface area contributed by atoms with Crippen molar-refractivity contribution in [2.75, 3.05) is 0 Å². The molecule has 0 aromatic carbocycles. The molecule has 6 atom stereocenters. The van der Waals surface area contributed by atoms with Gasteiger partial charge in [-0.1, -0.05) is 55.9 Å². The van der Waals surface area contributed by atoms with E-state index in [1.807, 2.05) is 0 Å². The van der Waals surface area contributed by atoms with Crippen molar-refractivity contribution < 1.29 is 4.79 Å². The van der Waals surface area contributed by atoms with Crippen LogP contribution in [-0.4, -0.2) is 5.78 Å². The van der Waals surface area contributed by atoms with Gasteiger partial charge in [-0.15, -0.1) is 0 Å². The molecule has 0 radical (unpaired) electrons. The van der Waals surface area contributed by atoms with Crippen molar-refractivity contribution in [3.63, 3.8) is 0 Å². The van der Waals surface area contributed by atoms with Gasteiger partial charge < -0.3 is 0 Å². The van der Waals surface area contributed by atoms with E-state index in [1.165, 1.54) is 28.7 Å². The number of fused-ring (bicyclic) bond motifs is 3. The highest BCUT2D eigenvalue weighted by Gasteiger charge is 2.53. The van der Waals surface area contributed by atoms with E-state index in [1.54, 1.807) is 0 Å². The smallest absolute Gasteiger partial charge is 0.136 e. The molecule has 1 nitrogen and oxygen atoms in total. The van der Waals surface area contributed by atoms with Crippen LogP contribution in [0.4, 0.5) is 0 Å². The molecule has 4 aliphatic carbocycles. The molecule has 0 aromatic heterocycles. The summed E-state index contributed by atoms with van der Waals surface area (Å²) in [6.45, 7) is 9.25. The van der Waals surface area contributed by atoms with Crippen molar-refractivity contribution in [2.45, 2.75) is 59.8 Å². The second-order valence-corrected chi connectivity index (χ2v) is 9.37. The highest BCUT2D eigenvalue weighted by Crippen LogP contribution is 2.58. The number of Topliss-reactive ketones (excluding diaryl/α,β-unsaturated/α-hetero) is 1. The maximum atomic E-state index is 12.9. The lowest BCUT2D eigenvalue weighted by molar-refractivity contribution is -0.123. The first-order valence-corrected chi connectivity index (χ1v) is 10.9. The first kappa shape index (κ1) is 18.7. The fourth-order valence-corrected chi connectivity index (χ4v) is 6.00. The molecular formula is C26H34O. The summed E-state index contributed by atoms with van der Waals surface area (Å²) in [7, 11) is 0. The molecule has 0 N–H and O–H groups in total. The van der Waals surface area contributed by atoms with Gasteiger partial charge in [0.05, 0.1) is 0 Å². The van der Waals surface area contributed by atoms with Crippen molar-refractivity contribution in [3.8, 4) is 0 Å². The minimum Gasteiger partial charge on any atom is -0.299 e. The van der Waals surface area contributed by atoms with Crippen molar-refractivity contribution in [3.05, 3.63) is 58.7 Å². The second kappa shape index (κ2) is 7.41. The molecule has 4 rings (SSSR count). The zero-order valence-corrected chi connectivity index (χ0v) is 17.4. The summed E-state index contributed by atoms with van der Waals surface area (Å²) in [6.07, 6.45) is 19.2. The summed E-state index contributed by atoms with van der Waals surface area (Å²) < 4.78 is 0. The summed E-state index contributed by atoms with van der Waals surface area (Å²) >= 11 is 0. The number of carbonyl (C=O) groups is 1. The Morgan fingerprint density at radius 1 is 1.00 bits per heavy atom. The second-order valence-electron chi connectivity index (χ2n) is 9.37. The van der Waals surface area contributed by atoms with Gasteiger partial charge in [0.15, 0.2) is 0 Å². The lowest BCUT2D eigenvalue weighted by Crippen LogP contribution is -2.33. The van der Waals surface area contributed by atoms with Crippen LogP contribution in [0, 0.1) is 35.5 Å². The largest absolute Gasteiger partial charge is 0.299 e. The first-order chi connectivity index (χ1) is 13.0. The van der Waals surface area contributed by atoms with Crippen LogP contribution in [0.2, 0.25) is 0 Å². The third-order valence-electron chi connectivity index (χ3n) is 7.76. The van der Waals surface area contributed by atoms with E-state index in [0.717, 1.165) is 31.6 Å². The van der Waals surface area contributed by atoms with Gasteiger partial charge in [0.25, 0.3) is 0 Å². The molecule has 2 saturated carbocycles. The van der Waals surface area contributed by atoms with E-state index >= 15 is 0 Å². The molecule has 0 amide bonds. The molecule has 1 heteroatoms. The number of ketones is 1. The van der Waals surface area contributed by atoms with Gasteiger partial charge in [0, 0.05) is 12.3 Å². The predicted molar refractivity (Wildman–Crippen MR) is 113 cm³/mol. The molecule has 6 unspecified atom stereocenters. The van der Waals surface area contributed by atoms with E-state index in [9.17, 15) is 4.79 Å². The van der Waals surface area contributed by atoms with Crippen molar-refractivity contribution >= 4 is 5.78 Å². The average Bonchev–Trinajstić information content (AvgIpc) is 3.37. The van der Waals surface area contributed by atoms with Gasteiger partial charge in [-0.3, -0.25) is 4.79 Å². The van der Waals surface area contributed by atoms with E-state index in [0.29, 0.717) is 29.5 Å². The third kappa shape index (κ3) is 3.46. The zero-order valence-electron chi connectivity index (χ0n) is 17.4. The van der Waals surface area contributed by atoms with Crippen molar-refractivity contribution in [1.82, 2.24) is 0 Å². The lowest BCUT2D eigenvalue weighted by atomic mass is 9.66. The Kier molecular flexibility index (Phi) is 5.14. The van der Waals surface area contributed by atoms with Crippen LogP contribution in [0.25, 0.3) is 0 Å². The van der Waals surface area contributed by atoms with Gasteiger partial charge in [0.1, 0.15) is 5.78 Å². The molecule has 0 bridgehead atoms. The van der Waals surface area contributed by atoms with Crippen LogP contribution < -0.4 is 0 Å². The van der Waals surface area contributed by atoms with E-state index in [4.69, 9.17) is 0 Å². The molecule has 2 fully saturated rings. The van der Waals surface area contributed by atoms with E-state index < -0.39 is 0 Å².